The molecular weight excluding hydrogens is 356 g/mol. The van der Waals surface area contributed by atoms with Gasteiger partial charge < -0.3 is 5.32 Å². The van der Waals surface area contributed by atoms with E-state index in [-0.39, 0.29) is 11.3 Å². The molecule has 3 heterocycles. The third kappa shape index (κ3) is 3.43. The van der Waals surface area contributed by atoms with Gasteiger partial charge in [-0.3, -0.25) is 19.6 Å². The molecule has 0 atom stereocenters. The third-order valence-electron chi connectivity index (χ3n) is 4.03. The highest BCUT2D eigenvalue weighted by molar-refractivity contribution is 6.16. The summed E-state index contributed by atoms with van der Waals surface area (Å²) in [5.74, 6) is -0.325. The average Bonchev–Trinajstić information content (AvgIpc) is 2.73. The smallest absolute Gasteiger partial charge is 0.259 e. The Labute approximate surface area is 159 Å². The van der Waals surface area contributed by atoms with Crippen molar-refractivity contribution in [2.45, 2.75) is 6.92 Å². The lowest BCUT2D eigenvalue weighted by molar-refractivity contribution is 0.102. The quantitative estimate of drug-likeness (QED) is 0.550. The van der Waals surface area contributed by atoms with E-state index in [1.807, 2.05) is 13.0 Å². The number of rotatable bonds is 4. The first-order valence-corrected chi connectivity index (χ1v) is 8.41. The molecule has 0 aliphatic carbocycles. The number of carbonyl (C=O) groups excluding carboxylic acids is 2. The van der Waals surface area contributed by atoms with Crippen LogP contribution < -0.4 is 5.32 Å². The van der Waals surface area contributed by atoms with Crippen LogP contribution in [0.2, 0.25) is 0 Å². The molecule has 1 aromatic carbocycles. The number of amides is 1. The van der Waals surface area contributed by atoms with Crippen molar-refractivity contribution in [2.75, 3.05) is 5.32 Å². The number of nitrogens with zero attached hydrogens (tertiary/aromatic N) is 5. The summed E-state index contributed by atoms with van der Waals surface area (Å²) < 4.78 is 0. The third-order valence-corrected chi connectivity index (χ3v) is 4.03. The zero-order valence-electron chi connectivity index (χ0n) is 14.8. The number of fused-ring (bicyclic) bond motifs is 1. The molecule has 1 N–H and O–H groups in total. The fraction of sp³-hybridized carbons (Fsp3) is 0.0500. The van der Waals surface area contributed by atoms with E-state index < -0.39 is 5.91 Å². The molecule has 0 fully saturated rings. The normalized spacial score (nSPS) is 10.6. The second-order valence-corrected chi connectivity index (χ2v) is 6.02. The van der Waals surface area contributed by atoms with Crippen molar-refractivity contribution in [2.24, 2.45) is 0 Å². The van der Waals surface area contributed by atoms with Crippen molar-refractivity contribution in [3.63, 3.8) is 0 Å². The number of pyridine rings is 1. The molecule has 1 amide bonds. The first-order valence-electron chi connectivity index (χ1n) is 8.41. The second kappa shape index (κ2) is 7.28. The highest BCUT2D eigenvalue weighted by atomic mass is 16.1. The summed E-state index contributed by atoms with van der Waals surface area (Å²) in [6, 6.07) is 8.41. The summed E-state index contributed by atoms with van der Waals surface area (Å²) >= 11 is 0. The molecule has 0 aliphatic rings. The summed E-state index contributed by atoms with van der Waals surface area (Å²) in [4.78, 5) is 46.2. The number of benzene rings is 1. The number of ketones is 1. The van der Waals surface area contributed by atoms with Gasteiger partial charge in [0.05, 0.1) is 16.6 Å². The molecule has 0 saturated carbocycles. The highest BCUT2D eigenvalue weighted by Gasteiger charge is 2.18. The Balaban J connectivity index is 1.78. The van der Waals surface area contributed by atoms with Gasteiger partial charge in [0.1, 0.15) is 17.7 Å². The maximum Gasteiger partial charge on any atom is 0.259 e. The van der Waals surface area contributed by atoms with E-state index in [1.165, 1.54) is 37.2 Å². The number of carbonyl (C=O) groups is 2. The van der Waals surface area contributed by atoms with Gasteiger partial charge in [0, 0.05) is 36.0 Å². The number of hydrogen-bond acceptors (Lipinski definition) is 7. The van der Waals surface area contributed by atoms with Crippen molar-refractivity contribution < 1.29 is 9.59 Å². The zero-order chi connectivity index (χ0) is 19.5. The molecule has 136 valence electrons. The summed E-state index contributed by atoms with van der Waals surface area (Å²) in [6.07, 6.45) is 7.19. The molecule has 0 spiro atoms. The van der Waals surface area contributed by atoms with Gasteiger partial charge in [-0.1, -0.05) is 6.07 Å². The van der Waals surface area contributed by atoms with Gasteiger partial charge in [-0.05, 0) is 31.2 Å². The maximum absolute atomic E-state index is 12.9. The van der Waals surface area contributed by atoms with Gasteiger partial charge in [-0.15, -0.1) is 0 Å². The van der Waals surface area contributed by atoms with E-state index in [1.54, 1.807) is 18.2 Å². The molecule has 8 nitrogen and oxygen atoms in total. The van der Waals surface area contributed by atoms with Crippen LogP contribution in [-0.2, 0) is 0 Å². The predicted molar refractivity (Wildman–Crippen MR) is 102 cm³/mol. The van der Waals surface area contributed by atoms with Crippen LogP contribution in [-0.4, -0.2) is 36.6 Å². The Kier molecular flexibility index (Phi) is 4.51. The van der Waals surface area contributed by atoms with Gasteiger partial charge in [-0.25, -0.2) is 15.0 Å². The van der Waals surface area contributed by atoms with E-state index >= 15 is 0 Å². The van der Waals surface area contributed by atoms with Crippen LogP contribution in [0.15, 0.2) is 61.4 Å². The van der Waals surface area contributed by atoms with Gasteiger partial charge in [0.2, 0.25) is 0 Å². The van der Waals surface area contributed by atoms with Crippen LogP contribution >= 0.6 is 0 Å². The lowest BCUT2D eigenvalue weighted by Crippen LogP contribution is -2.15. The Bertz CT molecular complexity index is 1190. The van der Waals surface area contributed by atoms with Crippen LogP contribution in [0.3, 0.4) is 0 Å². The minimum atomic E-state index is -0.428. The van der Waals surface area contributed by atoms with Gasteiger partial charge >= 0.3 is 0 Å². The molecular formula is C20H14N6O2. The van der Waals surface area contributed by atoms with Crippen LogP contribution in [0.1, 0.15) is 32.0 Å². The largest absolute Gasteiger partial charge is 0.306 e. The molecule has 3 aromatic heterocycles. The predicted octanol–water partition coefficient (Wildman–Crippen LogP) is 2.61. The van der Waals surface area contributed by atoms with Crippen LogP contribution in [0, 0.1) is 6.92 Å². The van der Waals surface area contributed by atoms with E-state index in [4.69, 9.17) is 0 Å². The molecule has 0 saturated heterocycles. The minimum absolute atomic E-state index is 0.231. The van der Waals surface area contributed by atoms with E-state index in [9.17, 15) is 9.59 Å². The molecule has 0 unspecified atom stereocenters. The molecule has 4 aromatic rings. The van der Waals surface area contributed by atoms with E-state index in [2.05, 4.69) is 30.2 Å². The van der Waals surface area contributed by atoms with Crippen molar-refractivity contribution >= 4 is 28.5 Å². The Morgan fingerprint density at radius 1 is 0.964 bits per heavy atom. The van der Waals surface area contributed by atoms with E-state index in [0.29, 0.717) is 28.0 Å². The van der Waals surface area contributed by atoms with E-state index in [0.717, 1.165) is 5.69 Å². The minimum Gasteiger partial charge on any atom is -0.306 e. The Morgan fingerprint density at radius 2 is 1.75 bits per heavy atom. The van der Waals surface area contributed by atoms with Crippen molar-refractivity contribution in [3.8, 4) is 0 Å². The van der Waals surface area contributed by atoms with Gasteiger partial charge in [0.25, 0.3) is 5.91 Å². The first-order chi connectivity index (χ1) is 13.6. The molecule has 0 aliphatic heterocycles. The average molecular weight is 370 g/mol. The van der Waals surface area contributed by atoms with Crippen LogP contribution in [0.4, 0.5) is 5.82 Å². The summed E-state index contributed by atoms with van der Waals surface area (Å²) in [6.45, 7) is 1.83. The molecule has 28 heavy (non-hydrogen) atoms. The Hall–Kier alpha value is -4.07. The molecule has 0 bridgehead atoms. The molecule has 4 rings (SSSR count). The fourth-order valence-corrected chi connectivity index (χ4v) is 2.76. The zero-order valence-corrected chi connectivity index (χ0v) is 14.8. The lowest BCUT2D eigenvalue weighted by Gasteiger charge is -2.09. The Morgan fingerprint density at radius 3 is 2.54 bits per heavy atom. The first kappa shape index (κ1) is 17.3. The van der Waals surface area contributed by atoms with Crippen LogP contribution in [0.25, 0.3) is 11.0 Å². The summed E-state index contributed by atoms with van der Waals surface area (Å²) in [5, 5.41) is 2.74. The lowest BCUT2D eigenvalue weighted by atomic mass is 10.0. The second-order valence-electron chi connectivity index (χ2n) is 6.02. The number of anilines is 1. The van der Waals surface area contributed by atoms with Crippen LogP contribution in [0.5, 0.6) is 0 Å². The highest BCUT2D eigenvalue weighted by Crippen LogP contribution is 2.21. The summed E-state index contributed by atoms with van der Waals surface area (Å²) in [5.41, 5.74) is 2.45. The SMILES string of the molecule is Cc1cccc(NC(=O)c2cc(C(=O)c3cncnc3)cc3nccnc23)n1. The monoisotopic (exact) mass is 370 g/mol. The number of aryl methyl sites for hydroxylation is 1. The fourth-order valence-electron chi connectivity index (χ4n) is 2.76. The molecule has 8 heteroatoms. The van der Waals surface area contributed by atoms with Gasteiger partial charge in [-0.2, -0.15) is 0 Å². The standard InChI is InChI=1S/C20H14N6O2/c1-12-3-2-4-17(25-12)26-20(28)15-7-13(8-16-18(15)24-6-5-23-16)19(27)14-9-21-11-22-10-14/h2-11H,1H3,(H,25,26,28). The van der Waals surface area contributed by atoms with Gasteiger partial charge in [0.15, 0.2) is 5.78 Å². The maximum atomic E-state index is 12.9. The summed E-state index contributed by atoms with van der Waals surface area (Å²) in [7, 11) is 0. The molecule has 0 radical (unpaired) electrons. The number of aromatic nitrogens is 5. The number of hydrogen-bond donors (Lipinski definition) is 1. The van der Waals surface area contributed by atoms with Crippen molar-refractivity contribution in [1.82, 2.24) is 24.9 Å². The number of nitrogens with one attached hydrogen (secondary N) is 1. The topological polar surface area (TPSA) is 111 Å². The van der Waals surface area contributed by atoms with Crippen molar-refractivity contribution in [1.29, 1.82) is 0 Å². The van der Waals surface area contributed by atoms with Crippen molar-refractivity contribution in [3.05, 3.63) is 83.8 Å².